The van der Waals surface area contributed by atoms with E-state index >= 15 is 0 Å². The number of ether oxygens (including phenoxy) is 2. The average molecular weight is 376 g/mol. The SMILES string of the molecule is CCOc1ccc(Oc2ccc(/C=C/[C@H](C)NC(=O)NC)cn2)c(Cl)c1. The molecule has 0 aliphatic heterocycles. The van der Waals surface area contributed by atoms with Crippen LogP contribution in [0.25, 0.3) is 6.08 Å². The summed E-state index contributed by atoms with van der Waals surface area (Å²) in [5.74, 6) is 1.64. The van der Waals surface area contributed by atoms with Crippen LogP contribution in [0.3, 0.4) is 0 Å². The van der Waals surface area contributed by atoms with Crippen molar-refractivity contribution in [1.82, 2.24) is 15.6 Å². The van der Waals surface area contributed by atoms with E-state index in [2.05, 4.69) is 15.6 Å². The van der Waals surface area contributed by atoms with Crippen molar-refractivity contribution in [2.45, 2.75) is 19.9 Å². The maximum absolute atomic E-state index is 11.2. The van der Waals surface area contributed by atoms with E-state index < -0.39 is 0 Å². The quantitative estimate of drug-likeness (QED) is 0.758. The van der Waals surface area contributed by atoms with E-state index in [1.165, 1.54) is 0 Å². The Labute approximate surface area is 158 Å². The van der Waals surface area contributed by atoms with Crippen LogP contribution in [0, 0.1) is 0 Å². The minimum atomic E-state index is -0.226. The summed E-state index contributed by atoms with van der Waals surface area (Å²) in [5, 5.41) is 5.72. The van der Waals surface area contributed by atoms with Gasteiger partial charge in [0.25, 0.3) is 0 Å². The second-order valence-corrected chi connectivity index (χ2v) is 5.84. The van der Waals surface area contributed by atoms with Crippen LogP contribution in [0.15, 0.2) is 42.6 Å². The molecule has 1 heterocycles. The molecule has 2 rings (SSSR count). The summed E-state index contributed by atoms with van der Waals surface area (Å²) in [6, 6.07) is 8.54. The predicted molar refractivity (Wildman–Crippen MR) is 103 cm³/mol. The van der Waals surface area contributed by atoms with E-state index in [1.54, 1.807) is 37.5 Å². The van der Waals surface area contributed by atoms with Crippen LogP contribution in [0.4, 0.5) is 4.79 Å². The highest BCUT2D eigenvalue weighted by molar-refractivity contribution is 6.32. The predicted octanol–water partition coefficient (Wildman–Crippen LogP) is 4.26. The number of carbonyl (C=O) groups is 1. The standard InChI is InChI=1S/C19H22ClN3O3/c1-4-25-15-8-9-17(16(20)11-15)26-18-10-7-14(12-22-18)6-5-13(2)23-19(24)21-3/h5-13H,4H2,1-3H3,(H2,21,23,24)/b6-5+/t13-/m0/s1. The van der Waals surface area contributed by atoms with Crippen LogP contribution in [-0.4, -0.2) is 30.7 Å². The summed E-state index contributed by atoms with van der Waals surface area (Å²) in [6.45, 7) is 4.36. The smallest absolute Gasteiger partial charge is 0.314 e. The van der Waals surface area contributed by atoms with Crippen molar-refractivity contribution in [2.24, 2.45) is 0 Å². The van der Waals surface area contributed by atoms with Gasteiger partial charge in [0.1, 0.15) is 11.5 Å². The fraction of sp³-hybridized carbons (Fsp3) is 0.263. The Morgan fingerprint density at radius 3 is 2.77 bits per heavy atom. The van der Waals surface area contributed by atoms with Crippen molar-refractivity contribution >= 4 is 23.7 Å². The van der Waals surface area contributed by atoms with Gasteiger partial charge in [0.2, 0.25) is 5.88 Å². The molecule has 7 heteroatoms. The molecule has 6 nitrogen and oxygen atoms in total. The van der Waals surface area contributed by atoms with Gasteiger partial charge in [-0.2, -0.15) is 0 Å². The number of aromatic nitrogens is 1. The van der Waals surface area contributed by atoms with Crippen LogP contribution in [0.5, 0.6) is 17.4 Å². The molecule has 2 N–H and O–H groups in total. The average Bonchev–Trinajstić information content (AvgIpc) is 2.63. The molecule has 1 atom stereocenters. The Morgan fingerprint density at radius 1 is 1.35 bits per heavy atom. The van der Waals surface area contributed by atoms with Crippen LogP contribution in [0.1, 0.15) is 19.4 Å². The first-order chi connectivity index (χ1) is 12.5. The first-order valence-electron chi connectivity index (χ1n) is 8.24. The normalized spacial score (nSPS) is 11.8. The van der Waals surface area contributed by atoms with Gasteiger partial charge in [-0.05, 0) is 37.6 Å². The molecule has 138 valence electrons. The maximum atomic E-state index is 11.2. The molecule has 0 radical (unpaired) electrons. The molecule has 2 amide bonds. The highest BCUT2D eigenvalue weighted by Crippen LogP contribution is 2.31. The summed E-state index contributed by atoms with van der Waals surface area (Å²) in [4.78, 5) is 15.5. The summed E-state index contributed by atoms with van der Waals surface area (Å²) in [7, 11) is 1.57. The number of nitrogens with zero attached hydrogens (tertiary/aromatic N) is 1. The van der Waals surface area contributed by atoms with Gasteiger partial charge in [0.15, 0.2) is 0 Å². The molecule has 26 heavy (non-hydrogen) atoms. The van der Waals surface area contributed by atoms with Crippen LogP contribution >= 0.6 is 11.6 Å². The molecular weight excluding hydrogens is 354 g/mol. The molecule has 0 aliphatic carbocycles. The Hall–Kier alpha value is -2.73. The van der Waals surface area contributed by atoms with Gasteiger partial charge in [0, 0.05) is 31.4 Å². The van der Waals surface area contributed by atoms with Crippen molar-refractivity contribution < 1.29 is 14.3 Å². The molecule has 0 aliphatic rings. The Kier molecular flexibility index (Phi) is 7.29. The Bertz CT molecular complexity index is 763. The van der Waals surface area contributed by atoms with Gasteiger partial charge >= 0.3 is 6.03 Å². The summed E-state index contributed by atoms with van der Waals surface area (Å²) >= 11 is 6.20. The number of hydrogen-bond acceptors (Lipinski definition) is 4. The molecule has 0 fully saturated rings. The topological polar surface area (TPSA) is 72.5 Å². The molecule has 0 spiro atoms. The van der Waals surface area contributed by atoms with Crippen molar-refractivity contribution in [2.75, 3.05) is 13.7 Å². The number of carbonyl (C=O) groups excluding carboxylic acids is 1. The third kappa shape index (κ3) is 5.97. The minimum Gasteiger partial charge on any atom is -0.494 e. The number of hydrogen-bond donors (Lipinski definition) is 2. The zero-order valence-corrected chi connectivity index (χ0v) is 15.7. The molecule has 2 aromatic rings. The fourth-order valence-corrected chi connectivity index (χ4v) is 2.28. The van der Waals surface area contributed by atoms with Gasteiger partial charge in [0.05, 0.1) is 11.6 Å². The molecule has 0 unspecified atom stereocenters. The number of benzene rings is 1. The van der Waals surface area contributed by atoms with E-state index in [1.807, 2.05) is 32.1 Å². The second kappa shape index (κ2) is 9.68. The van der Waals surface area contributed by atoms with Crippen LogP contribution in [-0.2, 0) is 0 Å². The van der Waals surface area contributed by atoms with E-state index in [0.29, 0.717) is 29.0 Å². The highest BCUT2D eigenvalue weighted by atomic mass is 35.5. The van der Waals surface area contributed by atoms with E-state index in [0.717, 1.165) is 5.56 Å². The third-order valence-corrected chi connectivity index (χ3v) is 3.65. The van der Waals surface area contributed by atoms with E-state index in [9.17, 15) is 4.79 Å². The molecule has 0 saturated carbocycles. The number of amides is 2. The van der Waals surface area contributed by atoms with Crippen molar-refractivity contribution in [3.05, 3.63) is 53.2 Å². The maximum Gasteiger partial charge on any atom is 0.314 e. The number of rotatable bonds is 7. The Balaban J connectivity index is 1.98. The van der Waals surface area contributed by atoms with Gasteiger partial charge < -0.3 is 20.1 Å². The lowest BCUT2D eigenvalue weighted by Gasteiger charge is -2.09. The summed E-state index contributed by atoms with van der Waals surface area (Å²) in [5.41, 5.74) is 0.890. The molecule has 0 bridgehead atoms. The molecule has 0 saturated heterocycles. The van der Waals surface area contributed by atoms with Gasteiger partial charge in [-0.15, -0.1) is 0 Å². The number of halogens is 1. The van der Waals surface area contributed by atoms with Gasteiger partial charge in [-0.1, -0.05) is 23.8 Å². The summed E-state index contributed by atoms with van der Waals surface area (Å²) < 4.78 is 11.1. The number of nitrogens with one attached hydrogen (secondary N) is 2. The molecule has 1 aromatic carbocycles. The lowest BCUT2D eigenvalue weighted by Crippen LogP contribution is -2.37. The Morgan fingerprint density at radius 2 is 2.15 bits per heavy atom. The third-order valence-electron chi connectivity index (χ3n) is 3.35. The summed E-state index contributed by atoms with van der Waals surface area (Å²) in [6.07, 6.45) is 5.43. The second-order valence-electron chi connectivity index (χ2n) is 5.43. The van der Waals surface area contributed by atoms with Crippen molar-refractivity contribution in [3.8, 4) is 17.4 Å². The largest absolute Gasteiger partial charge is 0.494 e. The van der Waals surface area contributed by atoms with Crippen LogP contribution < -0.4 is 20.1 Å². The van der Waals surface area contributed by atoms with Crippen molar-refractivity contribution in [3.63, 3.8) is 0 Å². The van der Waals surface area contributed by atoms with E-state index in [-0.39, 0.29) is 12.1 Å². The zero-order chi connectivity index (χ0) is 18.9. The van der Waals surface area contributed by atoms with Gasteiger partial charge in [-0.25, -0.2) is 9.78 Å². The van der Waals surface area contributed by atoms with Crippen molar-refractivity contribution in [1.29, 1.82) is 0 Å². The highest BCUT2D eigenvalue weighted by Gasteiger charge is 2.06. The van der Waals surface area contributed by atoms with Gasteiger partial charge in [-0.3, -0.25) is 0 Å². The fourth-order valence-electron chi connectivity index (χ4n) is 2.07. The zero-order valence-electron chi connectivity index (χ0n) is 15.0. The van der Waals surface area contributed by atoms with E-state index in [4.69, 9.17) is 21.1 Å². The molecular formula is C19H22ClN3O3. The number of pyridine rings is 1. The lowest BCUT2D eigenvalue weighted by molar-refractivity contribution is 0.241. The minimum absolute atomic E-state index is 0.103. The number of urea groups is 1. The molecule has 1 aromatic heterocycles. The first kappa shape index (κ1) is 19.6. The first-order valence-corrected chi connectivity index (χ1v) is 8.62. The van der Waals surface area contributed by atoms with Crippen LogP contribution in [0.2, 0.25) is 5.02 Å². The lowest BCUT2D eigenvalue weighted by atomic mass is 10.2. The monoisotopic (exact) mass is 375 g/mol.